The quantitative estimate of drug-likeness (QED) is 0.686. The Morgan fingerprint density at radius 3 is 2.76 bits per heavy atom. The van der Waals surface area contributed by atoms with Crippen molar-refractivity contribution in [3.05, 3.63) is 11.6 Å². The van der Waals surface area contributed by atoms with Crippen LogP contribution >= 0.6 is 0 Å². The summed E-state index contributed by atoms with van der Waals surface area (Å²) in [5, 5.41) is 0. The zero-order valence-electron chi connectivity index (χ0n) is 10.8. The lowest BCUT2D eigenvalue weighted by atomic mass is 9.34. The maximum absolute atomic E-state index is 12.4. The van der Waals surface area contributed by atoms with Gasteiger partial charge in [-0.1, -0.05) is 26.8 Å². The van der Waals surface area contributed by atoms with Crippen LogP contribution in [0.5, 0.6) is 0 Å². The van der Waals surface area contributed by atoms with E-state index in [0.717, 1.165) is 24.7 Å². The molecule has 0 aliphatic heterocycles. The van der Waals surface area contributed by atoms with Crippen molar-refractivity contribution in [2.75, 3.05) is 0 Å². The van der Waals surface area contributed by atoms with Gasteiger partial charge in [0.2, 0.25) is 0 Å². The van der Waals surface area contributed by atoms with Gasteiger partial charge >= 0.3 is 0 Å². The third kappa shape index (κ3) is 1.12. The molecule has 3 saturated carbocycles. The molecule has 4 aliphatic rings. The highest BCUT2D eigenvalue weighted by Gasteiger charge is 2.69. The molecule has 0 aromatic carbocycles. The molecule has 3 fully saturated rings. The molecule has 0 saturated heterocycles. The first-order valence-electron chi connectivity index (χ1n) is 6.70. The van der Waals surface area contributed by atoms with E-state index >= 15 is 0 Å². The number of Topliss-reactive ketones (excluding diaryl/α,β-unsaturated/α-hetero) is 1. The third-order valence-electron chi connectivity index (χ3n) is 5.74. The highest BCUT2D eigenvalue weighted by molar-refractivity contribution is 5.92. The molecule has 0 heterocycles. The Hall–Kier alpha value is -0.920. The van der Waals surface area contributed by atoms with E-state index in [1.165, 1.54) is 0 Å². The summed E-state index contributed by atoms with van der Waals surface area (Å²) in [7, 11) is 0. The Balaban J connectivity index is 2.04. The molecule has 4 rings (SSSR count). The average molecular weight is 232 g/mol. The predicted molar refractivity (Wildman–Crippen MR) is 65.3 cm³/mol. The summed E-state index contributed by atoms with van der Waals surface area (Å²) in [6.45, 7) is 6.51. The van der Waals surface area contributed by atoms with Gasteiger partial charge in [0.15, 0.2) is 0 Å². The molecule has 0 radical (unpaired) electrons. The van der Waals surface area contributed by atoms with Crippen LogP contribution in [0.4, 0.5) is 0 Å². The molecule has 4 aliphatic carbocycles. The number of ketones is 1. The van der Waals surface area contributed by atoms with Gasteiger partial charge in [-0.25, -0.2) is 0 Å². The van der Waals surface area contributed by atoms with E-state index in [9.17, 15) is 9.59 Å². The average Bonchev–Trinajstić information content (AvgIpc) is 2.32. The van der Waals surface area contributed by atoms with Crippen LogP contribution in [0.2, 0.25) is 0 Å². The summed E-state index contributed by atoms with van der Waals surface area (Å²) in [4.78, 5) is 23.6. The number of aldehydes is 1. The number of rotatable bonds is 2. The molecule has 5 atom stereocenters. The van der Waals surface area contributed by atoms with Crippen molar-refractivity contribution in [2.24, 2.45) is 35.0 Å². The van der Waals surface area contributed by atoms with E-state index in [2.05, 4.69) is 26.8 Å². The number of fused-ring (bicyclic) bond motifs is 2. The van der Waals surface area contributed by atoms with E-state index in [0.29, 0.717) is 29.5 Å². The molecule has 0 spiro atoms. The summed E-state index contributed by atoms with van der Waals surface area (Å²) < 4.78 is 0. The Morgan fingerprint density at radius 2 is 2.18 bits per heavy atom. The topological polar surface area (TPSA) is 34.1 Å². The predicted octanol–water partition coefficient (Wildman–Crippen LogP) is 2.63. The minimum atomic E-state index is -0.207. The summed E-state index contributed by atoms with van der Waals surface area (Å²) in [6.07, 6.45) is 4.72. The molecule has 0 amide bonds. The fourth-order valence-corrected chi connectivity index (χ4v) is 4.80. The highest BCUT2D eigenvalue weighted by Crippen LogP contribution is 2.70. The zero-order chi connectivity index (χ0) is 12.4. The Morgan fingerprint density at radius 1 is 1.47 bits per heavy atom. The molecule has 5 unspecified atom stereocenters. The molecule has 4 bridgehead atoms. The molecule has 2 nitrogen and oxygen atoms in total. The molecule has 17 heavy (non-hydrogen) atoms. The van der Waals surface area contributed by atoms with Crippen LogP contribution in [0.25, 0.3) is 0 Å². The van der Waals surface area contributed by atoms with Gasteiger partial charge in [0.25, 0.3) is 0 Å². The van der Waals surface area contributed by atoms with Crippen molar-refractivity contribution in [1.29, 1.82) is 0 Å². The van der Waals surface area contributed by atoms with Crippen molar-refractivity contribution in [2.45, 2.75) is 33.6 Å². The fourth-order valence-electron chi connectivity index (χ4n) is 4.80. The molecular weight excluding hydrogens is 212 g/mol. The number of hydrogen-bond acceptors (Lipinski definition) is 2. The Kier molecular flexibility index (Phi) is 2.17. The molecule has 0 N–H and O–H groups in total. The molecule has 0 aromatic rings. The zero-order valence-corrected chi connectivity index (χ0v) is 10.8. The maximum atomic E-state index is 12.4. The normalized spacial score (nSPS) is 47.5. The van der Waals surface area contributed by atoms with Gasteiger partial charge in [-0.15, -0.1) is 0 Å². The minimum absolute atomic E-state index is 0.207. The smallest absolute Gasteiger partial charge is 0.146 e. The van der Waals surface area contributed by atoms with Crippen LogP contribution in [0.3, 0.4) is 0 Å². The summed E-state index contributed by atoms with van der Waals surface area (Å²) in [5.74, 6) is 2.76. The van der Waals surface area contributed by atoms with Gasteiger partial charge in [-0.2, -0.15) is 0 Å². The van der Waals surface area contributed by atoms with Gasteiger partial charge in [0.05, 0.1) is 0 Å². The van der Waals surface area contributed by atoms with Crippen molar-refractivity contribution >= 4 is 12.1 Å². The number of carbonyl (C=O) groups is 2. The van der Waals surface area contributed by atoms with Crippen LogP contribution in [-0.4, -0.2) is 12.1 Å². The van der Waals surface area contributed by atoms with E-state index in [1.807, 2.05) is 0 Å². The lowest BCUT2D eigenvalue weighted by Crippen LogP contribution is -2.68. The van der Waals surface area contributed by atoms with E-state index in [-0.39, 0.29) is 11.3 Å². The monoisotopic (exact) mass is 232 g/mol. The lowest BCUT2D eigenvalue weighted by Gasteiger charge is -2.68. The molecule has 92 valence electrons. The Bertz CT molecular complexity index is 421. The molecule has 2 heteroatoms. The minimum Gasteiger partial charge on any atom is -0.299 e. The molecular formula is C15H20O2. The van der Waals surface area contributed by atoms with E-state index < -0.39 is 0 Å². The van der Waals surface area contributed by atoms with Crippen LogP contribution in [0, 0.1) is 35.0 Å². The van der Waals surface area contributed by atoms with Gasteiger partial charge < -0.3 is 0 Å². The van der Waals surface area contributed by atoms with E-state index in [4.69, 9.17) is 0 Å². The lowest BCUT2D eigenvalue weighted by molar-refractivity contribution is -0.189. The maximum Gasteiger partial charge on any atom is 0.146 e. The number of hydrogen-bond donors (Lipinski definition) is 0. The summed E-state index contributed by atoms with van der Waals surface area (Å²) >= 11 is 0. The van der Waals surface area contributed by atoms with Crippen LogP contribution in [0.1, 0.15) is 33.6 Å². The second-order valence-electron chi connectivity index (χ2n) is 6.54. The third-order valence-corrected chi connectivity index (χ3v) is 5.74. The summed E-state index contributed by atoms with van der Waals surface area (Å²) in [6, 6.07) is 0. The second kappa shape index (κ2) is 3.30. The SMILES string of the molecule is CC(C)C1CC(=O)C2(C)C3CC=C(C=O)C2C13. The standard InChI is InChI=1S/C15H20O2/c1-8(2)10-6-12(17)15(3)11-5-4-9(7-16)14(15)13(10)11/h4,7-8,10-11,13-14H,5-6H2,1-3H3. The van der Waals surface area contributed by atoms with Crippen molar-refractivity contribution in [1.82, 2.24) is 0 Å². The van der Waals surface area contributed by atoms with Crippen molar-refractivity contribution < 1.29 is 9.59 Å². The van der Waals surface area contributed by atoms with Crippen LogP contribution < -0.4 is 0 Å². The number of carbonyl (C=O) groups excluding carboxylic acids is 2. The number of allylic oxidation sites excluding steroid dienone is 2. The largest absolute Gasteiger partial charge is 0.299 e. The Labute approximate surface area is 102 Å². The van der Waals surface area contributed by atoms with Gasteiger partial charge in [-0.05, 0) is 35.7 Å². The molecule has 0 aromatic heterocycles. The van der Waals surface area contributed by atoms with Gasteiger partial charge in [-0.3, -0.25) is 9.59 Å². The van der Waals surface area contributed by atoms with E-state index in [1.54, 1.807) is 0 Å². The second-order valence-corrected chi connectivity index (χ2v) is 6.54. The van der Waals surface area contributed by atoms with Crippen LogP contribution in [0.15, 0.2) is 11.6 Å². The first kappa shape index (κ1) is 11.2. The van der Waals surface area contributed by atoms with Gasteiger partial charge in [0, 0.05) is 17.8 Å². The first-order valence-corrected chi connectivity index (χ1v) is 6.70. The van der Waals surface area contributed by atoms with Crippen molar-refractivity contribution in [3.63, 3.8) is 0 Å². The first-order chi connectivity index (χ1) is 8.01. The highest BCUT2D eigenvalue weighted by atomic mass is 16.1. The van der Waals surface area contributed by atoms with Crippen molar-refractivity contribution in [3.8, 4) is 0 Å². The summed E-state index contributed by atoms with van der Waals surface area (Å²) in [5.41, 5.74) is 0.694. The van der Waals surface area contributed by atoms with Crippen LogP contribution in [-0.2, 0) is 9.59 Å². The van der Waals surface area contributed by atoms with Gasteiger partial charge in [0.1, 0.15) is 12.1 Å². The fraction of sp³-hybridized carbons (Fsp3) is 0.733.